The van der Waals surface area contributed by atoms with Crippen LogP contribution in [-0.4, -0.2) is 38.3 Å². The average Bonchev–Trinajstić information content (AvgIpc) is 3.12. The predicted molar refractivity (Wildman–Crippen MR) is 197 cm³/mol. The highest BCUT2D eigenvalue weighted by Gasteiger charge is 2.16. The van der Waals surface area contributed by atoms with Gasteiger partial charge in [-0.3, -0.25) is 10.6 Å². The van der Waals surface area contributed by atoms with Crippen LogP contribution < -0.4 is 10.6 Å². The molecule has 50 heavy (non-hydrogen) atoms. The van der Waals surface area contributed by atoms with Crippen molar-refractivity contribution in [2.45, 2.75) is 27.1 Å². The van der Waals surface area contributed by atoms with Crippen molar-refractivity contribution in [2.24, 2.45) is 0 Å². The summed E-state index contributed by atoms with van der Waals surface area (Å²) in [6.45, 7) is 4.08. The minimum atomic E-state index is -0.727. The Labute approximate surface area is 307 Å². The molecule has 4 rings (SSSR count). The van der Waals surface area contributed by atoms with Crippen LogP contribution in [0.5, 0.6) is 0 Å². The van der Waals surface area contributed by atoms with Crippen molar-refractivity contribution in [3.8, 4) is 0 Å². The fourth-order valence-electron chi connectivity index (χ4n) is 4.10. The van der Waals surface area contributed by atoms with Crippen LogP contribution in [-0.2, 0) is 41.8 Å². The molecule has 0 bridgehead atoms. The van der Waals surface area contributed by atoms with Crippen LogP contribution in [0.1, 0.15) is 33.4 Å². The number of halogens is 2. The molecule has 0 saturated heterocycles. The molecule has 0 atom stereocenters. The Morgan fingerprint density at radius 1 is 0.580 bits per heavy atom. The van der Waals surface area contributed by atoms with Gasteiger partial charge < -0.3 is 18.9 Å². The number of amides is 2. The SMILES string of the molecule is COC(=O)/C(=C/c1ccc(Br)c(C)c1)NC(=O)OCc1ccccc1.COC(=O)/C(=C\c1ccc(Br)c(C)c1)NC(=O)OCc1ccccc1. The maximum atomic E-state index is 12.0. The molecular weight excluding hydrogens is 772 g/mol. The fourth-order valence-corrected chi connectivity index (χ4v) is 4.59. The lowest BCUT2D eigenvalue weighted by Crippen LogP contribution is -2.28. The molecule has 2 amide bonds. The van der Waals surface area contributed by atoms with Gasteiger partial charge in [-0.15, -0.1) is 0 Å². The van der Waals surface area contributed by atoms with Crippen LogP contribution in [0.2, 0.25) is 0 Å². The van der Waals surface area contributed by atoms with Gasteiger partial charge in [0, 0.05) is 8.95 Å². The molecular formula is C38H36Br2N2O8. The number of methoxy groups -OCH3 is 2. The maximum Gasteiger partial charge on any atom is 0.412 e. The quantitative estimate of drug-likeness (QED) is 0.0929. The number of aryl methyl sites for hydroxylation is 2. The van der Waals surface area contributed by atoms with Gasteiger partial charge in [-0.05, 0) is 71.5 Å². The summed E-state index contributed by atoms with van der Waals surface area (Å²) < 4.78 is 21.6. The third kappa shape index (κ3) is 13.4. The Kier molecular flexibility index (Phi) is 16.0. The van der Waals surface area contributed by atoms with E-state index in [4.69, 9.17) is 18.9 Å². The number of ether oxygens (including phenoxy) is 4. The summed E-state index contributed by atoms with van der Waals surface area (Å²) in [4.78, 5) is 47.8. The van der Waals surface area contributed by atoms with Gasteiger partial charge in [-0.25, -0.2) is 19.2 Å². The van der Waals surface area contributed by atoms with E-state index in [1.54, 1.807) is 0 Å². The zero-order valence-corrected chi connectivity index (χ0v) is 31.0. The monoisotopic (exact) mass is 806 g/mol. The first-order chi connectivity index (χ1) is 24.0. The summed E-state index contributed by atoms with van der Waals surface area (Å²) in [7, 11) is 2.50. The molecule has 4 aromatic rings. The standard InChI is InChI=1S/2C19H18BrNO4/c2*1-13-10-15(8-9-16(13)20)11-17(18(22)24-2)21-19(23)25-12-14-6-4-3-5-7-14/h2*3-11H,12H2,1-2H3,(H,21,23)/b17-11+;17-11-. The molecule has 0 unspecified atom stereocenters. The van der Waals surface area contributed by atoms with Crippen LogP contribution in [0, 0.1) is 13.8 Å². The third-order valence-corrected chi connectivity index (χ3v) is 8.48. The highest BCUT2D eigenvalue weighted by Crippen LogP contribution is 2.20. The van der Waals surface area contributed by atoms with Crippen molar-refractivity contribution in [1.29, 1.82) is 0 Å². The Bertz CT molecular complexity index is 1710. The van der Waals surface area contributed by atoms with Gasteiger partial charge in [0.2, 0.25) is 0 Å². The minimum Gasteiger partial charge on any atom is -0.464 e. The van der Waals surface area contributed by atoms with E-state index in [0.717, 1.165) is 42.3 Å². The molecule has 2 N–H and O–H groups in total. The first-order valence-electron chi connectivity index (χ1n) is 15.1. The Balaban J connectivity index is 0.000000270. The van der Waals surface area contributed by atoms with Crippen LogP contribution in [0.4, 0.5) is 9.59 Å². The highest BCUT2D eigenvalue weighted by molar-refractivity contribution is 9.10. The number of hydrogen-bond acceptors (Lipinski definition) is 8. The number of hydrogen-bond donors (Lipinski definition) is 2. The molecule has 0 spiro atoms. The van der Waals surface area contributed by atoms with Crippen molar-refractivity contribution in [3.05, 3.63) is 151 Å². The van der Waals surface area contributed by atoms with E-state index in [-0.39, 0.29) is 24.6 Å². The second-order valence-corrected chi connectivity index (χ2v) is 12.2. The van der Waals surface area contributed by atoms with E-state index in [1.807, 2.05) is 111 Å². The van der Waals surface area contributed by atoms with Gasteiger partial charge in [-0.2, -0.15) is 0 Å². The van der Waals surface area contributed by atoms with Crippen LogP contribution >= 0.6 is 31.9 Å². The molecule has 4 aromatic carbocycles. The van der Waals surface area contributed by atoms with E-state index >= 15 is 0 Å². The molecule has 0 saturated carbocycles. The second kappa shape index (κ2) is 20.3. The molecule has 0 fully saturated rings. The molecule has 0 aliphatic carbocycles. The number of benzene rings is 4. The van der Waals surface area contributed by atoms with Gasteiger partial charge in [0.05, 0.1) is 14.2 Å². The van der Waals surface area contributed by atoms with Gasteiger partial charge in [-0.1, -0.05) is 117 Å². The lowest BCUT2D eigenvalue weighted by molar-refractivity contribution is -0.137. The minimum absolute atomic E-state index is 0.00211. The first-order valence-corrected chi connectivity index (χ1v) is 16.7. The van der Waals surface area contributed by atoms with E-state index < -0.39 is 24.1 Å². The van der Waals surface area contributed by atoms with Crippen molar-refractivity contribution < 1.29 is 38.1 Å². The summed E-state index contributed by atoms with van der Waals surface area (Å²) in [5.41, 5.74) is 5.22. The molecule has 10 nitrogen and oxygen atoms in total. The van der Waals surface area contributed by atoms with Crippen molar-refractivity contribution >= 4 is 68.1 Å². The normalized spacial score (nSPS) is 10.9. The van der Waals surface area contributed by atoms with Gasteiger partial charge in [0.1, 0.15) is 24.6 Å². The summed E-state index contributed by atoms with van der Waals surface area (Å²) in [6.07, 6.45) is 1.62. The Morgan fingerprint density at radius 2 is 0.940 bits per heavy atom. The third-order valence-electron chi connectivity index (χ3n) is 6.70. The molecule has 12 heteroatoms. The Morgan fingerprint density at radius 3 is 1.26 bits per heavy atom. The van der Waals surface area contributed by atoms with Gasteiger partial charge in [0.25, 0.3) is 0 Å². The van der Waals surface area contributed by atoms with Crippen LogP contribution in [0.3, 0.4) is 0 Å². The number of esters is 2. The van der Waals surface area contributed by atoms with E-state index in [9.17, 15) is 19.2 Å². The Hall–Kier alpha value is -5.20. The maximum absolute atomic E-state index is 12.0. The highest BCUT2D eigenvalue weighted by atomic mass is 79.9. The summed E-state index contributed by atoms with van der Waals surface area (Å²) in [5, 5.41) is 4.87. The molecule has 0 aliphatic heterocycles. The largest absolute Gasteiger partial charge is 0.464 e. The number of carbonyl (C=O) groups is 4. The second-order valence-electron chi connectivity index (χ2n) is 10.5. The smallest absolute Gasteiger partial charge is 0.412 e. The van der Waals surface area contributed by atoms with Gasteiger partial charge >= 0.3 is 24.1 Å². The summed E-state index contributed by atoms with van der Waals surface area (Å²) >= 11 is 6.84. The molecule has 0 radical (unpaired) electrons. The van der Waals surface area contributed by atoms with E-state index in [2.05, 4.69) is 42.5 Å². The van der Waals surface area contributed by atoms with Crippen LogP contribution in [0.15, 0.2) is 117 Å². The fraction of sp³-hybridized carbons (Fsp3) is 0.158. The molecule has 0 aliphatic rings. The van der Waals surface area contributed by atoms with Crippen LogP contribution in [0.25, 0.3) is 12.2 Å². The lowest BCUT2D eigenvalue weighted by Gasteiger charge is -2.10. The lowest BCUT2D eigenvalue weighted by atomic mass is 10.1. The molecule has 0 heterocycles. The zero-order valence-electron chi connectivity index (χ0n) is 27.8. The average molecular weight is 809 g/mol. The number of alkyl carbamates (subject to hydrolysis) is 2. The summed E-state index contributed by atoms with van der Waals surface area (Å²) in [5.74, 6) is -1.31. The topological polar surface area (TPSA) is 129 Å². The van der Waals surface area contributed by atoms with Gasteiger partial charge in [0.15, 0.2) is 0 Å². The first kappa shape index (κ1) is 39.2. The number of rotatable bonds is 10. The number of nitrogens with one attached hydrogen (secondary N) is 2. The van der Waals surface area contributed by atoms with Crippen molar-refractivity contribution in [3.63, 3.8) is 0 Å². The molecule has 260 valence electrons. The predicted octanol–water partition coefficient (Wildman–Crippen LogP) is 8.40. The van der Waals surface area contributed by atoms with Crippen molar-refractivity contribution in [1.82, 2.24) is 10.6 Å². The van der Waals surface area contributed by atoms with E-state index in [1.165, 1.54) is 26.4 Å². The zero-order chi connectivity index (χ0) is 36.5. The molecule has 0 aromatic heterocycles. The van der Waals surface area contributed by atoms with Crippen molar-refractivity contribution in [2.75, 3.05) is 14.2 Å². The summed E-state index contributed by atoms with van der Waals surface area (Å²) in [6, 6.07) is 29.7. The van der Waals surface area contributed by atoms with E-state index in [0.29, 0.717) is 0 Å². The number of carbonyl (C=O) groups excluding carboxylic acids is 4.